The van der Waals surface area contributed by atoms with Gasteiger partial charge in [-0.2, -0.15) is 0 Å². The Morgan fingerprint density at radius 3 is 2.81 bits per heavy atom. The predicted molar refractivity (Wildman–Crippen MR) is 110 cm³/mol. The van der Waals surface area contributed by atoms with E-state index in [0.29, 0.717) is 12.5 Å². The fourth-order valence-electron chi connectivity index (χ4n) is 3.36. The van der Waals surface area contributed by atoms with Crippen LogP contribution >= 0.6 is 0 Å². The Kier molecular flexibility index (Phi) is 6.52. The fourth-order valence-corrected chi connectivity index (χ4v) is 3.36. The summed E-state index contributed by atoms with van der Waals surface area (Å²) in [5, 5.41) is 12.1. The van der Waals surface area contributed by atoms with Crippen molar-refractivity contribution in [3.05, 3.63) is 53.5 Å². The number of aromatic nitrogens is 2. The molecule has 0 fully saturated rings. The van der Waals surface area contributed by atoms with E-state index in [4.69, 9.17) is 4.52 Å². The predicted octanol–water partition coefficient (Wildman–Crippen LogP) is 3.97. The number of fused-ring (bicyclic) bond motifs is 1. The molecule has 0 unspecified atom stereocenters. The van der Waals surface area contributed by atoms with Crippen LogP contribution in [-0.4, -0.2) is 29.7 Å². The number of nitrogens with zero attached hydrogens (tertiary/aromatic N) is 2. The van der Waals surface area contributed by atoms with Gasteiger partial charge in [0.15, 0.2) is 11.7 Å². The quantitative estimate of drug-likeness (QED) is 0.416. The molecule has 0 atom stereocenters. The van der Waals surface area contributed by atoms with Crippen LogP contribution in [0.5, 0.6) is 0 Å². The van der Waals surface area contributed by atoms with Crippen molar-refractivity contribution in [2.45, 2.75) is 45.6 Å². The van der Waals surface area contributed by atoms with Gasteiger partial charge in [0.1, 0.15) is 0 Å². The summed E-state index contributed by atoms with van der Waals surface area (Å²) in [4.78, 5) is 7.60. The summed E-state index contributed by atoms with van der Waals surface area (Å²) in [5.41, 5.74) is 3.52. The number of guanidine groups is 1. The summed E-state index contributed by atoms with van der Waals surface area (Å²) in [6.45, 7) is 5.73. The molecule has 3 aromatic rings. The molecule has 0 radical (unpaired) electrons. The molecular weight excluding hydrogens is 338 g/mol. The number of aliphatic imine (C=N–C) groups is 1. The molecular formula is C21H29N5O. The highest BCUT2D eigenvalue weighted by Crippen LogP contribution is 2.22. The lowest BCUT2D eigenvalue weighted by Crippen LogP contribution is -2.37. The van der Waals surface area contributed by atoms with E-state index in [0.717, 1.165) is 43.2 Å². The Labute approximate surface area is 160 Å². The third-order valence-electron chi connectivity index (χ3n) is 5.00. The highest BCUT2D eigenvalue weighted by Gasteiger charge is 2.13. The molecule has 0 aliphatic carbocycles. The number of aromatic amines is 1. The maximum atomic E-state index is 5.46. The van der Waals surface area contributed by atoms with Crippen LogP contribution in [0, 0.1) is 0 Å². The third-order valence-corrected chi connectivity index (χ3v) is 5.00. The first-order chi connectivity index (χ1) is 13.2. The van der Waals surface area contributed by atoms with Gasteiger partial charge in [0.2, 0.25) is 0 Å². The summed E-state index contributed by atoms with van der Waals surface area (Å²) in [6.07, 6.45) is 5.15. The maximum absolute atomic E-state index is 5.46. The first kappa shape index (κ1) is 19.0. The summed E-state index contributed by atoms with van der Waals surface area (Å²) in [6, 6.07) is 10.4. The van der Waals surface area contributed by atoms with E-state index in [9.17, 15) is 0 Å². The topological polar surface area (TPSA) is 78.2 Å². The fraction of sp³-hybridized carbons (Fsp3) is 0.429. The van der Waals surface area contributed by atoms with Gasteiger partial charge < -0.3 is 20.1 Å². The van der Waals surface area contributed by atoms with Crippen LogP contribution in [0.2, 0.25) is 0 Å². The molecule has 6 nitrogen and oxygen atoms in total. The molecule has 0 bridgehead atoms. The smallest absolute Gasteiger partial charge is 0.191 e. The Morgan fingerprint density at radius 1 is 1.22 bits per heavy atom. The zero-order chi connectivity index (χ0) is 19.1. The number of rotatable bonds is 8. The van der Waals surface area contributed by atoms with Gasteiger partial charge in [0.25, 0.3) is 0 Å². The van der Waals surface area contributed by atoms with Gasteiger partial charge in [-0.25, -0.2) is 0 Å². The number of benzene rings is 1. The highest BCUT2D eigenvalue weighted by molar-refractivity contribution is 5.83. The van der Waals surface area contributed by atoms with Crippen molar-refractivity contribution in [2.24, 2.45) is 4.99 Å². The van der Waals surface area contributed by atoms with E-state index in [1.807, 2.05) is 12.1 Å². The Hall–Kier alpha value is -2.76. The maximum Gasteiger partial charge on any atom is 0.191 e. The second-order valence-electron chi connectivity index (χ2n) is 6.69. The van der Waals surface area contributed by atoms with Gasteiger partial charge in [-0.1, -0.05) is 37.2 Å². The van der Waals surface area contributed by atoms with Crippen molar-refractivity contribution in [1.82, 2.24) is 20.8 Å². The average Bonchev–Trinajstić information content (AvgIpc) is 3.33. The van der Waals surface area contributed by atoms with E-state index in [2.05, 4.69) is 64.0 Å². The van der Waals surface area contributed by atoms with Crippen LogP contribution in [0.25, 0.3) is 10.9 Å². The van der Waals surface area contributed by atoms with Crippen LogP contribution in [-0.2, 0) is 13.0 Å². The van der Waals surface area contributed by atoms with Gasteiger partial charge in [0, 0.05) is 42.7 Å². The monoisotopic (exact) mass is 367 g/mol. The number of para-hydroxylation sites is 1. The van der Waals surface area contributed by atoms with Gasteiger partial charge in [-0.3, -0.25) is 4.99 Å². The first-order valence-electron chi connectivity index (χ1n) is 9.70. The lowest BCUT2D eigenvalue weighted by Gasteiger charge is -2.10. The van der Waals surface area contributed by atoms with E-state index in [-0.39, 0.29) is 0 Å². The number of hydrogen-bond acceptors (Lipinski definition) is 3. The minimum atomic E-state index is 0.469. The molecule has 0 spiro atoms. The minimum Gasteiger partial charge on any atom is -0.361 e. The second-order valence-corrected chi connectivity index (χ2v) is 6.69. The Morgan fingerprint density at radius 2 is 2.04 bits per heavy atom. The molecule has 6 heteroatoms. The molecule has 2 heterocycles. The molecule has 0 amide bonds. The Balaban J connectivity index is 1.48. The number of nitrogens with one attached hydrogen (secondary N) is 3. The third kappa shape index (κ3) is 4.70. The van der Waals surface area contributed by atoms with Crippen LogP contribution in [0.15, 0.2) is 46.0 Å². The SMILES string of the molecule is CCC(CC)c1cc(CNC(=NC)NCCc2c[nH]c3ccccc23)on1. The molecule has 3 N–H and O–H groups in total. The van der Waals surface area contributed by atoms with E-state index in [1.165, 1.54) is 16.5 Å². The largest absolute Gasteiger partial charge is 0.361 e. The molecule has 2 aromatic heterocycles. The highest BCUT2D eigenvalue weighted by atomic mass is 16.5. The lowest BCUT2D eigenvalue weighted by atomic mass is 9.99. The van der Waals surface area contributed by atoms with Crippen LogP contribution in [0.1, 0.15) is 49.6 Å². The summed E-state index contributed by atoms with van der Waals surface area (Å²) in [7, 11) is 1.77. The van der Waals surface area contributed by atoms with Gasteiger partial charge >= 0.3 is 0 Å². The van der Waals surface area contributed by atoms with Gasteiger partial charge in [0.05, 0.1) is 12.2 Å². The van der Waals surface area contributed by atoms with E-state index in [1.54, 1.807) is 7.05 Å². The average molecular weight is 367 g/mol. The molecule has 3 rings (SSSR count). The number of H-pyrrole nitrogens is 1. The zero-order valence-electron chi connectivity index (χ0n) is 16.4. The van der Waals surface area contributed by atoms with Crippen molar-refractivity contribution in [1.29, 1.82) is 0 Å². The van der Waals surface area contributed by atoms with Crippen molar-refractivity contribution in [3.8, 4) is 0 Å². The summed E-state index contributed by atoms with van der Waals surface area (Å²) < 4.78 is 5.46. The first-order valence-corrected chi connectivity index (χ1v) is 9.70. The Bertz CT molecular complexity index is 875. The van der Waals surface area contributed by atoms with Gasteiger partial charge in [-0.15, -0.1) is 0 Å². The molecule has 144 valence electrons. The van der Waals surface area contributed by atoms with Crippen molar-refractivity contribution in [2.75, 3.05) is 13.6 Å². The normalized spacial score (nSPS) is 12.1. The van der Waals surface area contributed by atoms with E-state index >= 15 is 0 Å². The van der Waals surface area contributed by atoms with E-state index < -0.39 is 0 Å². The summed E-state index contributed by atoms with van der Waals surface area (Å²) >= 11 is 0. The molecule has 1 aromatic carbocycles. The van der Waals surface area contributed by atoms with Crippen LogP contribution in [0.4, 0.5) is 0 Å². The molecule has 0 saturated carbocycles. The van der Waals surface area contributed by atoms with Crippen molar-refractivity contribution in [3.63, 3.8) is 0 Å². The second kappa shape index (κ2) is 9.26. The molecule has 0 saturated heterocycles. The van der Waals surface area contributed by atoms with Crippen LogP contribution < -0.4 is 10.6 Å². The molecule has 27 heavy (non-hydrogen) atoms. The van der Waals surface area contributed by atoms with Gasteiger partial charge in [-0.05, 0) is 30.9 Å². The van der Waals surface area contributed by atoms with Crippen molar-refractivity contribution < 1.29 is 4.52 Å². The number of hydrogen-bond donors (Lipinski definition) is 3. The van der Waals surface area contributed by atoms with Crippen LogP contribution in [0.3, 0.4) is 0 Å². The minimum absolute atomic E-state index is 0.469. The lowest BCUT2D eigenvalue weighted by molar-refractivity contribution is 0.368. The summed E-state index contributed by atoms with van der Waals surface area (Å²) in [5.74, 6) is 2.06. The molecule has 0 aliphatic rings. The molecule has 0 aliphatic heterocycles. The zero-order valence-corrected chi connectivity index (χ0v) is 16.4. The standard InChI is InChI=1S/C21H29N5O/c1-4-15(5-2)20-12-17(27-26-20)14-25-21(22-3)23-11-10-16-13-24-19-9-7-6-8-18(16)19/h6-9,12-13,15,24H,4-5,10-11,14H2,1-3H3,(H2,22,23,25). The van der Waals surface area contributed by atoms with Crippen molar-refractivity contribution >= 4 is 16.9 Å².